The fourth-order valence-electron chi connectivity index (χ4n) is 3.83. The Hall–Kier alpha value is -0.330. The van der Waals surface area contributed by atoms with Crippen LogP contribution in [0.5, 0.6) is 0 Å². The molecule has 0 aliphatic rings. The van der Waals surface area contributed by atoms with Gasteiger partial charge in [0.15, 0.2) is 0 Å². The quantitative estimate of drug-likeness (QED) is 0.131. The molecule has 0 fully saturated rings. The first-order chi connectivity index (χ1) is 13.3. The standard InChI is InChI=1S/C26H53N/c1-4-7-9-10-11-12-13-14-15-16-17-18-19-20-21-22-24-27-25-26(6-3)23-8-5-2/h25-26H,4-24H2,1-3H3. The summed E-state index contributed by atoms with van der Waals surface area (Å²) in [5, 5.41) is 0. The predicted molar refractivity (Wildman–Crippen MR) is 126 cm³/mol. The molecule has 0 saturated carbocycles. The zero-order valence-electron chi connectivity index (χ0n) is 19.5. The lowest BCUT2D eigenvalue weighted by molar-refractivity contribution is 0.530. The molecular formula is C26H53N. The summed E-state index contributed by atoms with van der Waals surface area (Å²) in [6, 6.07) is 0. The number of nitrogens with zero attached hydrogens (tertiary/aromatic N) is 1. The van der Waals surface area contributed by atoms with Crippen molar-refractivity contribution in [1.29, 1.82) is 0 Å². The summed E-state index contributed by atoms with van der Waals surface area (Å²) in [5.74, 6) is 0.728. The lowest BCUT2D eigenvalue weighted by atomic mass is 10.0. The molecule has 0 aromatic carbocycles. The molecule has 1 atom stereocenters. The van der Waals surface area contributed by atoms with E-state index < -0.39 is 0 Å². The summed E-state index contributed by atoms with van der Waals surface area (Å²) in [7, 11) is 0. The van der Waals surface area contributed by atoms with Gasteiger partial charge in [-0.15, -0.1) is 0 Å². The number of hydrogen-bond donors (Lipinski definition) is 0. The molecule has 27 heavy (non-hydrogen) atoms. The molecule has 1 nitrogen and oxygen atoms in total. The maximum absolute atomic E-state index is 4.67. The van der Waals surface area contributed by atoms with E-state index in [0.717, 1.165) is 12.5 Å². The number of aliphatic imine (C=N–C) groups is 1. The summed E-state index contributed by atoms with van der Waals surface area (Å²) in [6.07, 6.45) is 30.5. The molecular weight excluding hydrogens is 326 g/mol. The molecule has 0 rings (SSSR count). The normalized spacial score (nSPS) is 12.9. The molecule has 0 bridgehead atoms. The highest BCUT2D eigenvalue weighted by Crippen LogP contribution is 2.14. The van der Waals surface area contributed by atoms with E-state index >= 15 is 0 Å². The average molecular weight is 380 g/mol. The zero-order valence-corrected chi connectivity index (χ0v) is 19.5. The Morgan fingerprint density at radius 1 is 0.519 bits per heavy atom. The molecule has 0 aliphatic carbocycles. The van der Waals surface area contributed by atoms with Crippen molar-refractivity contribution < 1.29 is 0 Å². The smallest absolute Gasteiger partial charge is 0.0385 e. The Labute approximate surface area is 173 Å². The third-order valence-corrected chi connectivity index (χ3v) is 5.91. The van der Waals surface area contributed by atoms with Crippen molar-refractivity contribution in [2.45, 2.75) is 149 Å². The summed E-state index contributed by atoms with van der Waals surface area (Å²) in [4.78, 5) is 4.67. The second kappa shape index (κ2) is 23.7. The third-order valence-electron chi connectivity index (χ3n) is 5.91. The summed E-state index contributed by atoms with van der Waals surface area (Å²) in [6.45, 7) is 7.93. The van der Waals surface area contributed by atoms with Crippen LogP contribution in [0.3, 0.4) is 0 Å². The molecule has 1 unspecified atom stereocenters. The molecule has 0 aliphatic heterocycles. The van der Waals surface area contributed by atoms with Crippen molar-refractivity contribution in [2.75, 3.05) is 6.54 Å². The second-order valence-electron chi connectivity index (χ2n) is 8.67. The highest BCUT2D eigenvalue weighted by atomic mass is 14.7. The minimum Gasteiger partial charge on any atom is -0.297 e. The lowest BCUT2D eigenvalue weighted by Crippen LogP contribution is -2.00. The predicted octanol–water partition coefficient (Wildman–Crippen LogP) is 9.54. The van der Waals surface area contributed by atoms with Crippen molar-refractivity contribution in [2.24, 2.45) is 10.9 Å². The first-order valence-corrected chi connectivity index (χ1v) is 12.8. The molecule has 0 N–H and O–H groups in total. The van der Waals surface area contributed by atoms with Crippen LogP contribution in [0, 0.1) is 5.92 Å². The first-order valence-electron chi connectivity index (χ1n) is 12.8. The maximum Gasteiger partial charge on any atom is 0.0385 e. The van der Waals surface area contributed by atoms with E-state index in [2.05, 4.69) is 32.0 Å². The Balaban J connectivity index is 3.18. The highest BCUT2D eigenvalue weighted by molar-refractivity contribution is 5.60. The molecule has 162 valence electrons. The molecule has 0 saturated heterocycles. The Bertz CT molecular complexity index is 284. The van der Waals surface area contributed by atoms with E-state index in [1.165, 1.54) is 128 Å². The van der Waals surface area contributed by atoms with Crippen LogP contribution in [0.25, 0.3) is 0 Å². The van der Waals surface area contributed by atoms with Gasteiger partial charge in [0.05, 0.1) is 0 Å². The summed E-state index contributed by atoms with van der Waals surface area (Å²) in [5.41, 5.74) is 0. The van der Waals surface area contributed by atoms with E-state index in [1.807, 2.05) is 0 Å². The average Bonchev–Trinajstić information content (AvgIpc) is 2.69. The van der Waals surface area contributed by atoms with Gasteiger partial charge < -0.3 is 0 Å². The monoisotopic (exact) mass is 379 g/mol. The van der Waals surface area contributed by atoms with E-state index in [-0.39, 0.29) is 0 Å². The topological polar surface area (TPSA) is 12.4 Å². The van der Waals surface area contributed by atoms with Crippen molar-refractivity contribution in [3.63, 3.8) is 0 Å². The van der Waals surface area contributed by atoms with Crippen LogP contribution in [0.15, 0.2) is 4.99 Å². The van der Waals surface area contributed by atoms with Gasteiger partial charge in [0.25, 0.3) is 0 Å². The van der Waals surface area contributed by atoms with Gasteiger partial charge in [-0.2, -0.15) is 0 Å². The van der Waals surface area contributed by atoms with Crippen LogP contribution in [-0.4, -0.2) is 12.8 Å². The summed E-state index contributed by atoms with van der Waals surface area (Å²) >= 11 is 0. The largest absolute Gasteiger partial charge is 0.297 e. The fourth-order valence-corrected chi connectivity index (χ4v) is 3.83. The van der Waals surface area contributed by atoms with Crippen molar-refractivity contribution in [3.05, 3.63) is 0 Å². The van der Waals surface area contributed by atoms with Crippen LogP contribution in [0.1, 0.15) is 149 Å². The van der Waals surface area contributed by atoms with Crippen LogP contribution in [0.4, 0.5) is 0 Å². The van der Waals surface area contributed by atoms with Gasteiger partial charge >= 0.3 is 0 Å². The fraction of sp³-hybridized carbons (Fsp3) is 0.962. The van der Waals surface area contributed by atoms with Crippen molar-refractivity contribution >= 4 is 6.21 Å². The molecule has 0 spiro atoms. The van der Waals surface area contributed by atoms with Gasteiger partial charge in [-0.05, 0) is 25.2 Å². The molecule has 0 amide bonds. The van der Waals surface area contributed by atoms with Crippen LogP contribution >= 0.6 is 0 Å². The second-order valence-corrected chi connectivity index (χ2v) is 8.67. The highest BCUT2D eigenvalue weighted by Gasteiger charge is 2.01. The first kappa shape index (κ1) is 26.7. The molecule has 1 heteroatoms. The molecule has 0 aromatic heterocycles. The van der Waals surface area contributed by atoms with Crippen LogP contribution < -0.4 is 0 Å². The van der Waals surface area contributed by atoms with Gasteiger partial charge in [0.1, 0.15) is 0 Å². The molecule has 0 aromatic rings. The minimum atomic E-state index is 0.728. The molecule has 0 radical (unpaired) electrons. The van der Waals surface area contributed by atoms with Crippen molar-refractivity contribution in [1.82, 2.24) is 0 Å². The van der Waals surface area contributed by atoms with E-state index in [1.54, 1.807) is 0 Å². The Morgan fingerprint density at radius 3 is 1.33 bits per heavy atom. The SMILES string of the molecule is CCCCCCCCCCCCCCCCCCN=CC(CC)CCCC. The van der Waals surface area contributed by atoms with Crippen LogP contribution in [-0.2, 0) is 0 Å². The Kier molecular flexibility index (Phi) is 23.4. The van der Waals surface area contributed by atoms with E-state index in [4.69, 9.17) is 0 Å². The van der Waals surface area contributed by atoms with Gasteiger partial charge in [-0.3, -0.25) is 4.99 Å². The lowest BCUT2D eigenvalue weighted by Gasteiger charge is -2.07. The van der Waals surface area contributed by atoms with Gasteiger partial charge in [-0.1, -0.05) is 130 Å². The van der Waals surface area contributed by atoms with E-state index in [9.17, 15) is 0 Å². The zero-order chi connectivity index (χ0) is 19.8. The van der Waals surface area contributed by atoms with Gasteiger partial charge in [0, 0.05) is 12.8 Å². The third kappa shape index (κ3) is 21.8. The number of hydrogen-bond acceptors (Lipinski definition) is 1. The van der Waals surface area contributed by atoms with Gasteiger partial charge in [0.2, 0.25) is 0 Å². The van der Waals surface area contributed by atoms with Crippen molar-refractivity contribution in [3.8, 4) is 0 Å². The number of rotatable bonds is 22. The van der Waals surface area contributed by atoms with Gasteiger partial charge in [-0.25, -0.2) is 0 Å². The van der Waals surface area contributed by atoms with Crippen LogP contribution in [0.2, 0.25) is 0 Å². The van der Waals surface area contributed by atoms with E-state index in [0.29, 0.717) is 0 Å². The maximum atomic E-state index is 4.67. The molecule has 0 heterocycles. The number of unbranched alkanes of at least 4 members (excludes halogenated alkanes) is 16. The Morgan fingerprint density at radius 2 is 0.926 bits per heavy atom. The minimum absolute atomic E-state index is 0.728. The summed E-state index contributed by atoms with van der Waals surface area (Å²) < 4.78 is 0.